The predicted molar refractivity (Wildman–Crippen MR) is 122 cm³/mol. The molecule has 0 radical (unpaired) electrons. The lowest BCUT2D eigenvalue weighted by Crippen LogP contribution is -2.40. The molecule has 7 nitrogen and oxygen atoms in total. The molecule has 34 heavy (non-hydrogen) atoms. The number of fused-ring (bicyclic) bond motifs is 1. The minimum absolute atomic E-state index is 0.0569. The Labute approximate surface area is 198 Å². The molecule has 2 aromatic rings. The highest BCUT2D eigenvalue weighted by Gasteiger charge is 2.43. The van der Waals surface area contributed by atoms with Gasteiger partial charge >= 0.3 is 0 Å². The van der Waals surface area contributed by atoms with Crippen LogP contribution in [0.3, 0.4) is 0 Å². The molecule has 1 aliphatic carbocycles. The summed E-state index contributed by atoms with van der Waals surface area (Å²) in [6.45, 7) is 4.88. The Bertz CT molecular complexity index is 1070. The van der Waals surface area contributed by atoms with Crippen molar-refractivity contribution in [1.82, 2.24) is 14.9 Å². The number of benzene rings is 1. The minimum Gasteiger partial charge on any atom is -0.487 e. The molecule has 1 aromatic heterocycles. The molecule has 182 valence electrons. The Morgan fingerprint density at radius 3 is 2.65 bits per heavy atom. The minimum atomic E-state index is -0.678. The standard InChI is InChI=1S/C25H30F2N4O3/c1-15(32)31-10-7-21-22(13-31)28-24(19-11-16(19)14-33-2)25(29-21)30-8-5-18(6-9-30)34-23-4-3-17(26)12-20(23)27/h3-4,12,16,18-19H,5-11,13-14H2,1-2H3/t16-,19+/m0/s1. The summed E-state index contributed by atoms with van der Waals surface area (Å²) in [5.74, 6) is 0.518. The van der Waals surface area contributed by atoms with Crippen LogP contribution in [0.4, 0.5) is 14.6 Å². The van der Waals surface area contributed by atoms with Crippen LogP contribution in [0.15, 0.2) is 18.2 Å². The second kappa shape index (κ2) is 9.44. The first-order chi connectivity index (χ1) is 16.4. The van der Waals surface area contributed by atoms with E-state index in [1.807, 2.05) is 4.90 Å². The molecule has 1 amide bonds. The first-order valence-electron chi connectivity index (χ1n) is 11.9. The fourth-order valence-electron chi connectivity index (χ4n) is 5.00. The highest BCUT2D eigenvalue weighted by Crippen LogP contribution is 2.49. The van der Waals surface area contributed by atoms with Crippen molar-refractivity contribution in [2.45, 2.75) is 51.2 Å². The zero-order valence-corrected chi connectivity index (χ0v) is 19.6. The van der Waals surface area contributed by atoms with E-state index in [0.29, 0.717) is 50.8 Å². The number of ether oxygens (including phenoxy) is 2. The molecule has 0 N–H and O–H groups in total. The molecule has 2 fully saturated rings. The van der Waals surface area contributed by atoms with Crippen LogP contribution in [0.5, 0.6) is 5.75 Å². The van der Waals surface area contributed by atoms with Crippen molar-refractivity contribution < 1.29 is 23.0 Å². The summed E-state index contributed by atoms with van der Waals surface area (Å²) >= 11 is 0. The summed E-state index contributed by atoms with van der Waals surface area (Å²) in [6.07, 6.45) is 2.99. The lowest BCUT2D eigenvalue weighted by Gasteiger charge is -2.35. The summed E-state index contributed by atoms with van der Waals surface area (Å²) < 4.78 is 38.4. The van der Waals surface area contributed by atoms with Gasteiger partial charge in [0.25, 0.3) is 0 Å². The average Bonchev–Trinajstić information content (AvgIpc) is 3.59. The van der Waals surface area contributed by atoms with E-state index in [-0.39, 0.29) is 17.8 Å². The van der Waals surface area contributed by atoms with Gasteiger partial charge in [-0.25, -0.2) is 18.7 Å². The van der Waals surface area contributed by atoms with Gasteiger partial charge in [0.05, 0.1) is 23.6 Å². The third-order valence-corrected chi connectivity index (χ3v) is 7.05. The average molecular weight is 473 g/mol. The smallest absolute Gasteiger partial charge is 0.219 e. The van der Waals surface area contributed by atoms with Gasteiger partial charge in [0.2, 0.25) is 5.91 Å². The van der Waals surface area contributed by atoms with Crippen LogP contribution in [0.1, 0.15) is 49.2 Å². The zero-order chi connectivity index (χ0) is 23.8. The third-order valence-electron chi connectivity index (χ3n) is 7.05. The van der Waals surface area contributed by atoms with Crippen molar-refractivity contribution in [3.8, 4) is 5.75 Å². The summed E-state index contributed by atoms with van der Waals surface area (Å²) in [5.41, 5.74) is 2.86. The quantitative estimate of drug-likeness (QED) is 0.642. The third kappa shape index (κ3) is 4.71. The van der Waals surface area contributed by atoms with E-state index >= 15 is 0 Å². The van der Waals surface area contributed by atoms with Crippen molar-refractivity contribution in [3.63, 3.8) is 0 Å². The van der Waals surface area contributed by atoms with Crippen molar-refractivity contribution in [2.75, 3.05) is 38.3 Å². The zero-order valence-electron chi connectivity index (χ0n) is 19.6. The van der Waals surface area contributed by atoms with Crippen molar-refractivity contribution >= 4 is 11.7 Å². The van der Waals surface area contributed by atoms with Gasteiger partial charge in [-0.2, -0.15) is 0 Å². The van der Waals surface area contributed by atoms with E-state index < -0.39 is 11.6 Å². The van der Waals surface area contributed by atoms with Gasteiger partial charge in [-0.05, 0) is 24.5 Å². The lowest BCUT2D eigenvalue weighted by atomic mass is 10.1. The number of methoxy groups -OCH3 is 1. The molecule has 3 heterocycles. The van der Waals surface area contributed by atoms with Gasteiger partial charge in [-0.15, -0.1) is 0 Å². The number of halogens is 2. The van der Waals surface area contributed by atoms with Gasteiger partial charge in [-0.1, -0.05) is 0 Å². The highest BCUT2D eigenvalue weighted by atomic mass is 19.1. The number of nitrogens with zero attached hydrogens (tertiary/aromatic N) is 4. The molecular formula is C25H30F2N4O3. The lowest BCUT2D eigenvalue weighted by molar-refractivity contribution is -0.129. The summed E-state index contributed by atoms with van der Waals surface area (Å²) in [5, 5.41) is 0. The second-order valence-corrected chi connectivity index (χ2v) is 9.45. The normalized spacial score (nSPS) is 22.5. The summed E-state index contributed by atoms with van der Waals surface area (Å²) in [7, 11) is 1.72. The topological polar surface area (TPSA) is 67.8 Å². The largest absolute Gasteiger partial charge is 0.487 e. The van der Waals surface area contributed by atoms with Crippen LogP contribution in [0, 0.1) is 17.6 Å². The van der Waals surface area contributed by atoms with Crippen LogP contribution in [0.25, 0.3) is 0 Å². The predicted octanol–water partition coefficient (Wildman–Crippen LogP) is 3.46. The molecule has 1 saturated heterocycles. The van der Waals surface area contributed by atoms with Crippen LogP contribution >= 0.6 is 0 Å². The Hall–Kier alpha value is -2.81. The van der Waals surface area contributed by atoms with Crippen LogP contribution < -0.4 is 9.64 Å². The number of hydrogen-bond acceptors (Lipinski definition) is 6. The van der Waals surface area contributed by atoms with Crippen molar-refractivity contribution in [2.24, 2.45) is 5.92 Å². The van der Waals surface area contributed by atoms with Gasteiger partial charge in [0.1, 0.15) is 11.9 Å². The Morgan fingerprint density at radius 2 is 1.94 bits per heavy atom. The number of hydrogen-bond donors (Lipinski definition) is 0. The van der Waals surface area contributed by atoms with Gasteiger partial charge in [0.15, 0.2) is 17.4 Å². The molecular weight excluding hydrogens is 442 g/mol. The molecule has 5 rings (SSSR count). The molecule has 3 aliphatic rings. The maximum absolute atomic E-state index is 14.0. The first kappa shape index (κ1) is 23.0. The second-order valence-electron chi connectivity index (χ2n) is 9.45. The Morgan fingerprint density at radius 1 is 1.15 bits per heavy atom. The molecule has 0 bridgehead atoms. The summed E-state index contributed by atoms with van der Waals surface area (Å²) in [6, 6.07) is 3.40. The van der Waals surface area contributed by atoms with Crippen LogP contribution in [-0.4, -0.2) is 60.2 Å². The number of carbonyl (C=O) groups excluding carboxylic acids is 1. The maximum Gasteiger partial charge on any atom is 0.219 e. The summed E-state index contributed by atoms with van der Waals surface area (Å²) in [4.78, 5) is 26.1. The Balaban J connectivity index is 1.33. The molecule has 2 atom stereocenters. The SMILES string of the molecule is COC[C@@H]1C[C@H]1c1nc2c(nc1N1CCC(Oc3ccc(F)cc3F)CC1)CCN(C(C)=O)C2. The van der Waals surface area contributed by atoms with E-state index in [2.05, 4.69) is 4.90 Å². The van der Waals surface area contributed by atoms with Crippen LogP contribution in [0.2, 0.25) is 0 Å². The van der Waals surface area contributed by atoms with Gasteiger partial charge in [0, 0.05) is 71.5 Å². The Kier molecular flexibility index (Phi) is 6.38. The number of anilines is 1. The van der Waals surface area contributed by atoms with Crippen molar-refractivity contribution in [3.05, 3.63) is 46.9 Å². The molecule has 9 heteroatoms. The number of carbonyl (C=O) groups is 1. The number of rotatable bonds is 6. The van der Waals surface area contributed by atoms with E-state index in [1.165, 1.54) is 12.1 Å². The maximum atomic E-state index is 14.0. The van der Waals surface area contributed by atoms with Crippen molar-refractivity contribution in [1.29, 1.82) is 0 Å². The molecule has 2 aliphatic heterocycles. The fraction of sp³-hybridized carbons (Fsp3) is 0.560. The van der Waals surface area contributed by atoms with Gasteiger partial charge in [-0.3, -0.25) is 4.79 Å². The van der Waals surface area contributed by atoms with E-state index in [0.717, 1.165) is 48.5 Å². The van der Waals surface area contributed by atoms with Gasteiger partial charge < -0.3 is 19.3 Å². The number of aromatic nitrogens is 2. The monoisotopic (exact) mass is 472 g/mol. The van der Waals surface area contributed by atoms with Crippen LogP contribution in [-0.2, 0) is 22.5 Å². The van der Waals surface area contributed by atoms with E-state index in [1.54, 1.807) is 14.0 Å². The molecule has 0 unspecified atom stereocenters. The molecule has 0 spiro atoms. The molecule has 1 aromatic carbocycles. The van der Waals surface area contributed by atoms with E-state index in [4.69, 9.17) is 19.4 Å². The fourth-order valence-corrected chi connectivity index (χ4v) is 5.00. The number of piperidine rings is 1. The van der Waals surface area contributed by atoms with E-state index in [9.17, 15) is 13.6 Å². The first-order valence-corrected chi connectivity index (χ1v) is 11.9. The molecule has 1 saturated carbocycles. The highest BCUT2D eigenvalue weighted by molar-refractivity contribution is 5.73. The number of amides is 1.